The lowest BCUT2D eigenvalue weighted by Gasteiger charge is -2.08. The molecule has 2 aromatic rings. The molecule has 5 nitrogen and oxygen atoms in total. The third-order valence-electron chi connectivity index (χ3n) is 2.47. The van der Waals surface area contributed by atoms with Gasteiger partial charge in [-0.1, -0.05) is 0 Å². The summed E-state index contributed by atoms with van der Waals surface area (Å²) in [4.78, 5) is 15.4. The number of hydrogen-bond acceptors (Lipinski definition) is 5. The number of nitrogens with one attached hydrogen (secondary N) is 1. The van der Waals surface area contributed by atoms with E-state index in [9.17, 15) is 10.1 Å². The van der Waals surface area contributed by atoms with Crippen LogP contribution in [0.1, 0.15) is 10.4 Å². The summed E-state index contributed by atoms with van der Waals surface area (Å²) in [6.07, 6.45) is 2.78. The van der Waals surface area contributed by atoms with Gasteiger partial charge in [-0.15, -0.1) is 11.3 Å². The van der Waals surface area contributed by atoms with E-state index in [2.05, 4.69) is 26.2 Å². The Labute approximate surface area is 116 Å². The van der Waals surface area contributed by atoms with Gasteiger partial charge in [0.2, 0.25) is 0 Å². The molecule has 7 heteroatoms. The van der Waals surface area contributed by atoms with Crippen LogP contribution in [0.3, 0.4) is 0 Å². The van der Waals surface area contributed by atoms with Crippen molar-refractivity contribution in [3.8, 4) is 0 Å². The third-order valence-corrected chi connectivity index (χ3v) is 4.09. The minimum Gasteiger partial charge on any atom is -0.374 e. The summed E-state index contributed by atoms with van der Waals surface area (Å²) in [5, 5.41) is 16.0. The van der Waals surface area contributed by atoms with E-state index in [1.54, 1.807) is 11.3 Å². The predicted molar refractivity (Wildman–Crippen MR) is 75.0 cm³/mol. The molecule has 94 valence electrons. The van der Waals surface area contributed by atoms with Gasteiger partial charge in [0.15, 0.2) is 0 Å². The van der Waals surface area contributed by atoms with E-state index in [0.717, 1.165) is 4.88 Å². The van der Waals surface area contributed by atoms with E-state index in [1.807, 2.05) is 18.4 Å². The van der Waals surface area contributed by atoms with Gasteiger partial charge in [0.1, 0.15) is 11.9 Å². The Kier molecular flexibility index (Phi) is 3.93. The van der Waals surface area contributed by atoms with E-state index in [1.165, 1.54) is 18.0 Å². The van der Waals surface area contributed by atoms with Gasteiger partial charge in [-0.2, -0.15) is 0 Å². The van der Waals surface area contributed by atoms with Crippen molar-refractivity contribution < 1.29 is 4.92 Å². The Morgan fingerprint density at radius 2 is 2.33 bits per heavy atom. The van der Waals surface area contributed by atoms with Crippen molar-refractivity contribution in [3.63, 3.8) is 0 Å². The Bertz CT molecular complexity index is 585. The van der Waals surface area contributed by atoms with Crippen LogP contribution in [0.4, 0.5) is 11.4 Å². The lowest BCUT2D eigenvalue weighted by atomic mass is 10.3. The van der Waals surface area contributed by atoms with Crippen LogP contribution in [-0.4, -0.2) is 9.91 Å². The lowest BCUT2D eigenvalue weighted by Crippen LogP contribution is -2.03. The molecule has 1 N–H and O–H groups in total. The second kappa shape index (κ2) is 5.45. The van der Waals surface area contributed by atoms with Gasteiger partial charge in [-0.3, -0.25) is 15.1 Å². The van der Waals surface area contributed by atoms with Crippen LogP contribution in [0.15, 0.2) is 28.3 Å². The highest BCUT2D eigenvalue weighted by molar-refractivity contribution is 9.10. The quantitative estimate of drug-likeness (QED) is 0.686. The van der Waals surface area contributed by atoms with Crippen molar-refractivity contribution in [2.45, 2.75) is 13.5 Å². The SMILES string of the molecule is Cc1ccsc1CNc1c(Br)cncc1[N+](=O)[O-]. The van der Waals surface area contributed by atoms with Crippen LogP contribution < -0.4 is 5.32 Å². The second-order valence-electron chi connectivity index (χ2n) is 3.65. The molecule has 0 spiro atoms. The van der Waals surface area contributed by atoms with Gasteiger partial charge in [-0.25, -0.2) is 0 Å². The van der Waals surface area contributed by atoms with Gasteiger partial charge in [0.25, 0.3) is 0 Å². The Hall–Kier alpha value is -1.47. The maximum atomic E-state index is 10.9. The number of rotatable bonds is 4. The smallest absolute Gasteiger partial charge is 0.311 e. The Morgan fingerprint density at radius 1 is 1.56 bits per heavy atom. The zero-order chi connectivity index (χ0) is 13.1. The minimum absolute atomic E-state index is 0.0291. The zero-order valence-corrected chi connectivity index (χ0v) is 11.9. The number of aromatic nitrogens is 1. The van der Waals surface area contributed by atoms with Crippen molar-refractivity contribution in [1.29, 1.82) is 0 Å². The second-order valence-corrected chi connectivity index (χ2v) is 5.51. The molecule has 0 radical (unpaired) electrons. The fourth-order valence-electron chi connectivity index (χ4n) is 1.49. The highest BCUT2D eigenvalue weighted by atomic mass is 79.9. The molecule has 2 rings (SSSR count). The maximum absolute atomic E-state index is 10.9. The molecule has 0 saturated carbocycles. The first-order chi connectivity index (χ1) is 8.59. The van der Waals surface area contributed by atoms with Crippen LogP contribution in [0.5, 0.6) is 0 Å². The lowest BCUT2D eigenvalue weighted by molar-refractivity contribution is -0.384. The summed E-state index contributed by atoms with van der Waals surface area (Å²) in [7, 11) is 0. The monoisotopic (exact) mass is 327 g/mol. The maximum Gasteiger partial charge on any atom is 0.311 e. The van der Waals surface area contributed by atoms with E-state index in [4.69, 9.17) is 0 Å². The van der Waals surface area contributed by atoms with E-state index in [-0.39, 0.29) is 5.69 Å². The van der Waals surface area contributed by atoms with E-state index in [0.29, 0.717) is 16.7 Å². The number of pyridine rings is 1. The van der Waals surface area contributed by atoms with Crippen molar-refractivity contribution in [2.24, 2.45) is 0 Å². The topological polar surface area (TPSA) is 68.1 Å². The number of nitro groups is 1. The molecule has 0 aliphatic rings. The molecule has 0 unspecified atom stereocenters. The number of anilines is 1. The standard InChI is InChI=1S/C11H10BrN3O2S/c1-7-2-3-18-10(7)6-14-11-8(12)4-13-5-9(11)15(16)17/h2-5H,6H2,1H3,(H,13,14). The Morgan fingerprint density at radius 3 is 2.94 bits per heavy atom. The fourth-order valence-corrected chi connectivity index (χ4v) is 2.80. The molecule has 2 aromatic heterocycles. The number of hydrogen-bond donors (Lipinski definition) is 1. The number of halogens is 1. The molecule has 0 aromatic carbocycles. The van der Waals surface area contributed by atoms with Gasteiger partial charge in [-0.05, 0) is 39.9 Å². The first-order valence-corrected chi connectivity index (χ1v) is 6.81. The summed E-state index contributed by atoms with van der Waals surface area (Å²) >= 11 is 4.90. The number of nitrogens with zero attached hydrogens (tertiary/aromatic N) is 2. The fraction of sp³-hybridized carbons (Fsp3) is 0.182. The summed E-state index contributed by atoms with van der Waals surface area (Å²) < 4.78 is 0.589. The largest absolute Gasteiger partial charge is 0.374 e. The van der Waals surface area contributed by atoms with Crippen molar-refractivity contribution in [1.82, 2.24) is 4.98 Å². The highest BCUT2D eigenvalue weighted by Crippen LogP contribution is 2.31. The zero-order valence-electron chi connectivity index (χ0n) is 9.51. The normalized spacial score (nSPS) is 10.3. The molecule has 0 aliphatic heterocycles. The molecule has 0 fully saturated rings. The molecule has 0 bridgehead atoms. The number of thiophene rings is 1. The summed E-state index contributed by atoms with van der Waals surface area (Å²) in [5.41, 5.74) is 1.61. The van der Waals surface area contributed by atoms with E-state index >= 15 is 0 Å². The molecule has 2 heterocycles. The van der Waals surface area contributed by atoms with Crippen molar-refractivity contribution >= 4 is 38.6 Å². The van der Waals surface area contributed by atoms with Gasteiger partial charge in [0, 0.05) is 17.6 Å². The summed E-state index contributed by atoms with van der Waals surface area (Å²) in [6, 6.07) is 2.03. The van der Waals surface area contributed by atoms with Crippen molar-refractivity contribution in [3.05, 3.63) is 48.9 Å². The van der Waals surface area contributed by atoms with Gasteiger partial charge >= 0.3 is 5.69 Å². The molecule has 18 heavy (non-hydrogen) atoms. The average molecular weight is 328 g/mol. The molecule has 0 aliphatic carbocycles. The molecule has 0 saturated heterocycles. The molecular weight excluding hydrogens is 318 g/mol. The first-order valence-electron chi connectivity index (χ1n) is 5.14. The van der Waals surface area contributed by atoms with Gasteiger partial charge < -0.3 is 5.32 Å². The summed E-state index contributed by atoms with van der Waals surface area (Å²) in [6.45, 7) is 2.58. The predicted octanol–water partition coefficient (Wildman–Crippen LogP) is 3.73. The molecular formula is C11H10BrN3O2S. The minimum atomic E-state index is -0.443. The van der Waals surface area contributed by atoms with E-state index < -0.39 is 4.92 Å². The average Bonchev–Trinajstić information content (AvgIpc) is 2.73. The number of aryl methyl sites for hydroxylation is 1. The molecule has 0 atom stereocenters. The van der Waals surface area contributed by atoms with Crippen LogP contribution in [0.25, 0.3) is 0 Å². The van der Waals surface area contributed by atoms with Crippen LogP contribution in [0.2, 0.25) is 0 Å². The van der Waals surface area contributed by atoms with Crippen LogP contribution in [0, 0.1) is 17.0 Å². The van der Waals surface area contributed by atoms with Crippen LogP contribution in [-0.2, 0) is 6.54 Å². The third kappa shape index (κ3) is 2.68. The van der Waals surface area contributed by atoms with Crippen molar-refractivity contribution in [2.75, 3.05) is 5.32 Å². The summed E-state index contributed by atoms with van der Waals surface area (Å²) in [5.74, 6) is 0. The first kappa shape index (κ1) is 13.0. The van der Waals surface area contributed by atoms with Gasteiger partial charge in [0.05, 0.1) is 9.40 Å². The molecule has 0 amide bonds. The van der Waals surface area contributed by atoms with Crippen LogP contribution >= 0.6 is 27.3 Å². The highest BCUT2D eigenvalue weighted by Gasteiger charge is 2.17. The Balaban J connectivity index is 2.24.